The van der Waals surface area contributed by atoms with Gasteiger partial charge in [0.15, 0.2) is 0 Å². The molecular weight excluding hydrogens is 240 g/mol. The van der Waals surface area contributed by atoms with Gasteiger partial charge in [0, 0.05) is 25.5 Å². The highest BCUT2D eigenvalue weighted by atomic mass is 16.5. The monoisotopic (exact) mass is 262 g/mol. The zero-order valence-electron chi connectivity index (χ0n) is 11.3. The molecule has 1 unspecified atom stereocenters. The van der Waals surface area contributed by atoms with Crippen molar-refractivity contribution in [1.82, 2.24) is 10.3 Å². The first-order chi connectivity index (χ1) is 9.34. The Morgan fingerprint density at radius 2 is 2.42 bits per heavy atom. The lowest BCUT2D eigenvalue weighted by atomic mass is 10.1. The Labute approximate surface area is 114 Å². The number of carbonyl (C=O) groups is 1. The zero-order valence-corrected chi connectivity index (χ0v) is 11.3. The van der Waals surface area contributed by atoms with Crippen LogP contribution in [-0.2, 0) is 16.0 Å². The lowest BCUT2D eigenvalue weighted by molar-refractivity contribution is -0.124. The molecule has 0 bridgehead atoms. The molecule has 0 saturated carbocycles. The van der Waals surface area contributed by atoms with Gasteiger partial charge in [0.25, 0.3) is 0 Å². The van der Waals surface area contributed by atoms with Crippen LogP contribution in [0.4, 0.5) is 0 Å². The average molecular weight is 262 g/mol. The van der Waals surface area contributed by atoms with Crippen molar-refractivity contribution in [2.75, 3.05) is 13.2 Å². The van der Waals surface area contributed by atoms with Gasteiger partial charge in [0.05, 0.1) is 12.5 Å². The molecule has 0 aromatic carbocycles. The topological polar surface area (TPSA) is 51.2 Å². The van der Waals surface area contributed by atoms with Crippen LogP contribution in [0, 0.1) is 0 Å². The summed E-state index contributed by atoms with van der Waals surface area (Å²) in [4.78, 5) is 15.8. The van der Waals surface area contributed by atoms with E-state index < -0.39 is 0 Å². The molecule has 4 nitrogen and oxygen atoms in total. The summed E-state index contributed by atoms with van der Waals surface area (Å²) in [6.07, 6.45) is 9.51. The van der Waals surface area contributed by atoms with Crippen LogP contribution in [0.5, 0.6) is 0 Å². The number of hydrogen-bond donors (Lipinski definition) is 1. The molecule has 1 aromatic rings. The second kappa shape index (κ2) is 7.89. The predicted octanol–water partition coefficient (Wildman–Crippen LogP) is 2.09. The molecule has 0 aliphatic carbocycles. The van der Waals surface area contributed by atoms with Crippen molar-refractivity contribution in [3.8, 4) is 0 Å². The third kappa shape index (κ3) is 5.39. The van der Waals surface area contributed by atoms with Gasteiger partial charge in [0.1, 0.15) is 0 Å². The summed E-state index contributed by atoms with van der Waals surface area (Å²) in [5.74, 6) is 0.109. The first kappa shape index (κ1) is 14.0. The highest BCUT2D eigenvalue weighted by molar-refractivity contribution is 5.76. The molecule has 4 heteroatoms. The first-order valence-corrected chi connectivity index (χ1v) is 7.12. The van der Waals surface area contributed by atoms with E-state index in [1.807, 2.05) is 12.3 Å². The molecule has 1 atom stereocenters. The molecular formula is C15H22N2O2. The molecule has 0 radical (unpaired) electrons. The van der Waals surface area contributed by atoms with Gasteiger partial charge >= 0.3 is 0 Å². The molecule has 1 aromatic heterocycles. The molecule has 2 rings (SSSR count). The molecule has 2 heterocycles. The number of ether oxygens (including phenoxy) is 1. The number of carbonyl (C=O) groups excluding carboxylic acids is 1. The van der Waals surface area contributed by atoms with Crippen LogP contribution in [0.15, 0.2) is 24.5 Å². The van der Waals surface area contributed by atoms with E-state index in [0.29, 0.717) is 6.42 Å². The Kier molecular flexibility index (Phi) is 5.82. The van der Waals surface area contributed by atoms with Crippen molar-refractivity contribution in [3.63, 3.8) is 0 Å². The minimum atomic E-state index is 0.109. The van der Waals surface area contributed by atoms with E-state index in [2.05, 4.69) is 16.4 Å². The lowest BCUT2D eigenvalue weighted by Gasteiger charge is -2.21. The Balaban J connectivity index is 1.56. The van der Waals surface area contributed by atoms with E-state index in [1.54, 1.807) is 6.20 Å². The number of aryl methyl sites for hydroxylation is 1. The van der Waals surface area contributed by atoms with Gasteiger partial charge in [-0.15, -0.1) is 0 Å². The maximum atomic E-state index is 11.7. The number of pyridine rings is 1. The van der Waals surface area contributed by atoms with E-state index in [4.69, 9.17) is 4.74 Å². The molecule has 1 aliphatic rings. The molecule has 1 saturated heterocycles. The second-order valence-corrected chi connectivity index (χ2v) is 5.01. The van der Waals surface area contributed by atoms with Crippen molar-refractivity contribution < 1.29 is 9.53 Å². The summed E-state index contributed by atoms with van der Waals surface area (Å²) in [5, 5.41) is 2.96. The zero-order chi connectivity index (χ0) is 13.3. The van der Waals surface area contributed by atoms with Gasteiger partial charge in [-0.1, -0.05) is 6.07 Å². The second-order valence-electron chi connectivity index (χ2n) is 5.01. The number of aromatic nitrogens is 1. The van der Waals surface area contributed by atoms with E-state index in [1.165, 1.54) is 12.0 Å². The van der Waals surface area contributed by atoms with Crippen molar-refractivity contribution in [2.45, 2.75) is 44.6 Å². The van der Waals surface area contributed by atoms with Crippen LogP contribution in [-0.4, -0.2) is 30.1 Å². The number of rotatable bonds is 6. The third-order valence-electron chi connectivity index (χ3n) is 3.37. The minimum Gasteiger partial charge on any atom is -0.378 e. The Morgan fingerprint density at radius 1 is 1.47 bits per heavy atom. The SMILES string of the molecule is O=C(CC1CCCCO1)NCCCc1cccnc1. The van der Waals surface area contributed by atoms with E-state index >= 15 is 0 Å². The van der Waals surface area contributed by atoms with Gasteiger partial charge in [-0.05, 0) is 43.7 Å². The van der Waals surface area contributed by atoms with Crippen LogP contribution in [0.25, 0.3) is 0 Å². The summed E-state index contributed by atoms with van der Waals surface area (Å²) in [6, 6.07) is 4.00. The quantitative estimate of drug-likeness (QED) is 0.799. The summed E-state index contributed by atoms with van der Waals surface area (Å²) in [5.41, 5.74) is 1.22. The standard InChI is InChI=1S/C15H22N2O2/c18-15(11-14-7-1-2-10-19-14)17-9-4-6-13-5-3-8-16-12-13/h3,5,8,12,14H,1-2,4,6-7,9-11H2,(H,17,18). The van der Waals surface area contributed by atoms with Gasteiger partial charge in [-0.2, -0.15) is 0 Å². The summed E-state index contributed by atoms with van der Waals surface area (Å²) in [6.45, 7) is 1.53. The minimum absolute atomic E-state index is 0.109. The van der Waals surface area contributed by atoms with Crippen molar-refractivity contribution in [2.24, 2.45) is 0 Å². The van der Waals surface area contributed by atoms with Crippen LogP contribution in [0.1, 0.15) is 37.7 Å². The largest absolute Gasteiger partial charge is 0.378 e. The van der Waals surface area contributed by atoms with Gasteiger partial charge < -0.3 is 10.1 Å². The Hall–Kier alpha value is -1.42. The maximum Gasteiger partial charge on any atom is 0.222 e. The Bertz CT molecular complexity index is 375. The fourth-order valence-electron chi connectivity index (χ4n) is 2.31. The molecule has 104 valence electrons. The predicted molar refractivity (Wildman–Crippen MR) is 73.8 cm³/mol. The molecule has 1 N–H and O–H groups in total. The first-order valence-electron chi connectivity index (χ1n) is 7.12. The highest BCUT2D eigenvalue weighted by Gasteiger charge is 2.17. The molecule has 1 amide bonds. The van der Waals surface area contributed by atoms with Crippen LogP contribution < -0.4 is 5.32 Å². The molecule has 1 aliphatic heterocycles. The summed E-state index contributed by atoms with van der Waals surface area (Å²) in [7, 11) is 0. The van der Waals surface area contributed by atoms with Gasteiger partial charge in [0.2, 0.25) is 5.91 Å². The maximum absolute atomic E-state index is 11.7. The lowest BCUT2D eigenvalue weighted by Crippen LogP contribution is -2.31. The molecule has 1 fully saturated rings. The van der Waals surface area contributed by atoms with E-state index in [9.17, 15) is 4.79 Å². The van der Waals surface area contributed by atoms with Crippen molar-refractivity contribution in [3.05, 3.63) is 30.1 Å². The van der Waals surface area contributed by atoms with Crippen molar-refractivity contribution >= 4 is 5.91 Å². The van der Waals surface area contributed by atoms with Gasteiger partial charge in [-0.25, -0.2) is 0 Å². The van der Waals surface area contributed by atoms with Crippen molar-refractivity contribution in [1.29, 1.82) is 0 Å². The highest BCUT2D eigenvalue weighted by Crippen LogP contribution is 2.15. The number of hydrogen-bond acceptors (Lipinski definition) is 3. The number of nitrogens with one attached hydrogen (secondary N) is 1. The molecule has 19 heavy (non-hydrogen) atoms. The third-order valence-corrected chi connectivity index (χ3v) is 3.37. The Morgan fingerprint density at radius 3 is 3.16 bits per heavy atom. The summed E-state index contributed by atoms with van der Waals surface area (Å²) >= 11 is 0. The summed E-state index contributed by atoms with van der Waals surface area (Å²) < 4.78 is 5.56. The van der Waals surface area contributed by atoms with E-state index in [0.717, 1.165) is 38.8 Å². The number of nitrogens with zero attached hydrogens (tertiary/aromatic N) is 1. The average Bonchev–Trinajstić information content (AvgIpc) is 2.46. The van der Waals surface area contributed by atoms with Crippen LogP contribution >= 0.6 is 0 Å². The van der Waals surface area contributed by atoms with E-state index in [-0.39, 0.29) is 12.0 Å². The normalized spacial score (nSPS) is 19.1. The fraction of sp³-hybridized carbons (Fsp3) is 0.600. The van der Waals surface area contributed by atoms with Crippen LogP contribution in [0.3, 0.4) is 0 Å². The van der Waals surface area contributed by atoms with Gasteiger partial charge in [-0.3, -0.25) is 9.78 Å². The van der Waals surface area contributed by atoms with Crippen LogP contribution in [0.2, 0.25) is 0 Å². The molecule has 0 spiro atoms. The fourth-order valence-corrected chi connectivity index (χ4v) is 2.31. The smallest absolute Gasteiger partial charge is 0.222 e. The number of amides is 1.